The third-order valence-electron chi connectivity index (χ3n) is 4.91. The highest BCUT2D eigenvalue weighted by atomic mass is 16.5. The molecule has 3 aromatic rings. The summed E-state index contributed by atoms with van der Waals surface area (Å²) in [6.45, 7) is 2.04. The topological polar surface area (TPSA) is 56.1 Å². The molecule has 4 rings (SSSR count). The maximum atomic E-state index is 12.7. The molecule has 2 aromatic carbocycles. The number of benzene rings is 2. The number of carbonyl (C=O) groups excluding carboxylic acids is 1. The van der Waals surface area contributed by atoms with Crippen LogP contribution in [0.25, 0.3) is 5.69 Å². The molecule has 1 aliphatic rings. The molecule has 138 valence electrons. The number of hydrogen-bond acceptors (Lipinski definition) is 3. The maximum absolute atomic E-state index is 12.7. The third-order valence-corrected chi connectivity index (χ3v) is 4.91. The lowest BCUT2D eigenvalue weighted by Gasteiger charge is -2.10. The van der Waals surface area contributed by atoms with Gasteiger partial charge >= 0.3 is 0 Å². The summed E-state index contributed by atoms with van der Waals surface area (Å²) < 4.78 is 7.03. The van der Waals surface area contributed by atoms with E-state index in [0.717, 1.165) is 34.1 Å². The average Bonchev–Trinajstić information content (AvgIpc) is 3.49. The molecule has 1 aliphatic carbocycles. The van der Waals surface area contributed by atoms with Crippen molar-refractivity contribution < 1.29 is 9.53 Å². The van der Waals surface area contributed by atoms with Gasteiger partial charge in [-0.3, -0.25) is 4.79 Å². The second kappa shape index (κ2) is 7.27. The SMILES string of the molecule is COc1ccc(CC(=O)Nc2c(C)c(C3CC3)nn2-c2ccccc2)cc1. The van der Waals surface area contributed by atoms with E-state index in [0.29, 0.717) is 12.3 Å². The lowest BCUT2D eigenvalue weighted by Crippen LogP contribution is -2.17. The summed E-state index contributed by atoms with van der Waals surface area (Å²) in [5.41, 5.74) is 4.05. The number of carbonyl (C=O) groups is 1. The van der Waals surface area contributed by atoms with Gasteiger partial charge in [0.15, 0.2) is 0 Å². The first-order valence-corrected chi connectivity index (χ1v) is 9.23. The highest BCUT2D eigenvalue weighted by molar-refractivity contribution is 5.92. The molecule has 0 saturated heterocycles. The second-order valence-corrected chi connectivity index (χ2v) is 6.95. The molecule has 1 saturated carbocycles. The molecule has 27 heavy (non-hydrogen) atoms. The number of para-hydroxylation sites is 1. The van der Waals surface area contributed by atoms with Gasteiger partial charge < -0.3 is 10.1 Å². The minimum atomic E-state index is -0.0531. The zero-order valence-corrected chi connectivity index (χ0v) is 15.6. The van der Waals surface area contributed by atoms with E-state index < -0.39 is 0 Å². The maximum Gasteiger partial charge on any atom is 0.229 e. The second-order valence-electron chi connectivity index (χ2n) is 6.95. The van der Waals surface area contributed by atoms with Crippen LogP contribution in [0.15, 0.2) is 54.6 Å². The molecule has 0 unspecified atom stereocenters. The van der Waals surface area contributed by atoms with Crippen molar-refractivity contribution in [2.45, 2.75) is 32.1 Å². The normalized spacial score (nSPS) is 13.4. The molecular formula is C22H23N3O2. The zero-order valence-electron chi connectivity index (χ0n) is 15.6. The number of ether oxygens (including phenoxy) is 1. The van der Waals surface area contributed by atoms with Crippen LogP contribution in [0, 0.1) is 6.92 Å². The fraction of sp³-hybridized carbons (Fsp3) is 0.273. The Labute approximate surface area is 159 Å². The number of methoxy groups -OCH3 is 1. The first-order valence-electron chi connectivity index (χ1n) is 9.23. The summed E-state index contributed by atoms with van der Waals surface area (Å²) in [6.07, 6.45) is 2.65. The van der Waals surface area contributed by atoms with Crippen LogP contribution >= 0.6 is 0 Å². The van der Waals surface area contributed by atoms with Crippen LogP contribution in [0.4, 0.5) is 5.82 Å². The summed E-state index contributed by atoms with van der Waals surface area (Å²) in [4.78, 5) is 12.7. The number of anilines is 1. The van der Waals surface area contributed by atoms with Gasteiger partial charge in [-0.2, -0.15) is 5.10 Å². The van der Waals surface area contributed by atoms with Gasteiger partial charge in [0, 0.05) is 11.5 Å². The number of nitrogens with one attached hydrogen (secondary N) is 1. The molecule has 1 N–H and O–H groups in total. The number of aromatic nitrogens is 2. The molecule has 5 heteroatoms. The van der Waals surface area contributed by atoms with Crippen molar-refractivity contribution in [2.24, 2.45) is 0 Å². The molecule has 0 bridgehead atoms. The highest BCUT2D eigenvalue weighted by Gasteiger charge is 2.31. The third kappa shape index (κ3) is 3.72. The molecule has 0 radical (unpaired) electrons. The van der Waals surface area contributed by atoms with Gasteiger partial charge in [0.2, 0.25) is 5.91 Å². The molecular weight excluding hydrogens is 338 g/mol. The monoisotopic (exact) mass is 361 g/mol. The quantitative estimate of drug-likeness (QED) is 0.714. The lowest BCUT2D eigenvalue weighted by atomic mass is 10.1. The Balaban J connectivity index is 1.59. The molecule has 0 spiro atoms. The van der Waals surface area contributed by atoms with Crippen molar-refractivity contribution in [3.63, 3.8) is 0 Å². The zero-order chi connectivity index (χ0) is 18.8. The molecule has 1 heterocycles. The van der Waals surface area contributed by atoms with Crippen molar-refractivity contribution in [3.8, 4) is 11.4 Å². The van der Waals surface area contributed by atoms with Crippen LogP contribution in [0.3, 0.4) is 0 Å². The molecule has 5 nitrogen and oxygen atoms in total. The van der Waals surface area contributed by atoms with Crippen molar-refractivity contribution in [1.29, 1.82) is 0 Å². The number of hydrogen-bond donors (Lipinski definition) is 1. The molecule has 1 aromatic heterocycles. The minimum Gasteiger partial charge on any atom is -0.497 e. The minimum absolute atomic E-state index is 0.0531. The Hall–Kier alpha value is -3.08. The summed E-state index contributed by atoms with van der Waals surface area (Å²) in [5, 5.41) is 7.90. The van der Waals surface area contributed by atoms with E-state index in [1.807, 2.05) is 66.2 Å². The fourth-order valence-corrected chi connectivity index (χ4v) is 3.27. The molecule has 1 amide bonds. The fourth-order valence-electron chi connectivity index (χ4n) is 3.27. The summed E-state index contributed by atoms with van der Waals surface area (Å²) in [7, 11) is 1.63. The summed E-state index contributed by atoms with van der Waals surface area (Å²) >= 11 is 0. The highest BCUT2D eigenvalue weighted by Crippen LogP contribution is 2.42. The predicted octanol–water partition coefficient (Wildman–Crippen LogP) is 4.25. The van der Waals surface area contributed by atoms with Crippen molar-refractivity contribution >= 4 is 11.7 Å². The van der Waals surface area contributed by atoms with Crippen LogP contribution in [0.2, 0.25) is 0 Å². The van der Waals surface area contributed by atoms with E-state index in [1.54, 1.807) is 7.11 Å². The largest absolute Gasteiger partial charge is 0.497 e. The van der Waals surface area contributed by atoms with Gasteiger partial charge in [0.05, 0.1) is 24.9 Å². The van der Waals surface area contributed by atoms with Gasteiger partial charge in [-0.25, -0.2) is 4.68 Å². The number of rotatable bonds is 6. The van der Waals surface area contributed by atoms with Crippen LogP contribution in [0.1, 0.15) is 35.6 Å². The number of nitrogens with zero attached hydrogens (tertiary/aromatic N) is 2. The van der Waals surface area contributed by atoms with Gasteiger partial charge in [0.25, 0.3) is 0 Å². The smallest absolute Gasteiger partial charge is 0.229 e. The molecule has 1 fully saturated rings. The Morgan fingerprint density at radius 2 is 1.85 bits per heavy atom. The first kappa shape index (κ1) is 17.3. The Bertz CT molecular complexity index is 942. The van der Waals surface area contributed by atoms with E-state index in [1.165, 1.54) is 12.8 Å². The van der Waals surface area contributed by atoms with Crippen molar-refractivity contribution in [1.82, 2.24) is 9.78 Å². The predicted molar refractivity (Wildman–Crippen MR) is 106 cm³/mol. The van der Waals surface area contributed by atoms with E-state index in [9.17, 15) is 4.79 Å². The van der Waals surface area contributed by atoms with Crippen LogP contribution in [-0.2, 0) is 11.2 Å². The van der Waals surface area contributed by atoms with E-state index in [2.05, 4.69) is 5.32 Å². The van der Waals surface area contributed by atoms with Crippen molar-refractivity contribution in [3.05, 3.63) is 71.4 Å². The van der Waals surface area contributed by atoms with Gasteiger partial charge in [0.1, 0.15) is 11.6 Å². The van der Waals surface area contributed by atoms with E-state index in [4.69, 9.17) is 9.84 Å². The van der Waals surface area contributed by atoms with Gasteiger partial charge in [-0.15, -0.1) is 0 Å². The Morgan fingerprint density at radius 3 is 2.48 bits per heavy atom. The first-order chi connectivity index (χ1) is 13.2. The van der Waals surface area contributed by atoms with E-state index >= 15 is 0 Å². The van der Waals surface area contributed by atoms with Crippen LogP contribution < -0.4 is 10.1 Å². The van der Waals surface area contributed by atoms with E-state index in [-0.39, 0.29) is 5.91 Å². The summed E-state index contributed by atoms with van der Waals surface area (Å²) in [5.74, 6) is 2.02. The van der Waals surface area contributed by atoms with Crippen molar-refractivity contribution in [2.75, 3.05) is 12.4 Å². The van der Waals surface area contributed by atoms with Crippen LogP contribution in [-0.4, -0.2) is 22.8 Å². The Kier molecular flexibility index (Phi) is 4.67. The summed E-state index contributed by atoms with van der Waals surface area (Å²) in [6, 6.07) is 17.5. The Morgan fingerprint density at radius 1 is 1.15 bits per heavy atom. The lowest BCUT2D eigenvalue weighted by molar-refractivity contribution is -0.115. The molecule has 0 atom stereocenters. The average molecular weight is 361 g/mol. The van der Waals surface area contributed by atoms with Crippen LogP contribution in [0.5, 0.6) is 5.75 Å². The van der Waals surface area contributed by atoms with Gasteiger partial charge in [-0.1, -0.05) is 30.3 Å². The standard InChI is InChI=1S/C22H23N3O2/c1-15-21(17-10-11-17)24-25(18-6-4-3-5-7-18)22(15)23-20(26)14-16-8-12-19(27-2)13-9-16/h3-9,12-13,17H,10-11,14H2,1-2H3,(H,23,26). The molecule has 0 aliphatic heterocycles. The van der Waals surface area contributed by atoms with Gasteiger partial charge in [-0.05, 0) is 49.6 Å². The number of amides is 1.